The first-order valence-corrected chi connectivity index (χ1v) is 6.90. The summed E-state index contributed by atoms with van der Waals surface area (Å²) in [7, 11) is 1.93. The Bertz CT molecular complexity index is 576. The number of hydrogen-bond acceptors (Lipinski definition) is 2. The Morgan fingerprint density at radius 2 is 2.21 bits per heavy atom. The quantitative estimate of drug-likeness (QED) is 0.914. The molecule has 2 aromatic rings. The van der Waals surface area contributed by atoms with E-state index in [1.54, 1.807) is 0 Å². The van der Waals surface area contributed by atoms with Gasteiger partial charge in [-0.15, -0.1) is 0 Å². The van der Waals surface area contributed by atoms with E-state index in [1.165, 1.54) is 16.7 Å². The van der Waals surface area contributed by atoms with Crippen molar-refractivity contribution >= 4 is 0 Å². The molecule has 1 atom stereocenters. The summed E-state index contributed by atoms with van der Waals surface area (Å²) in [6.07, 6.45) is 8.16. The van der Waals surface area contributed by atoms with Crippen LogP contribution in [-0.2, 0) is 25.3 Å². The molecule has 0 spiro atoms. The van der Waals surface area contributed by atoms with Crippen molar-refractivity contribution in [3.8, 4) is 0 Å². The van der Waals surface area contributed by atoms with E-state index in [-0.39, 0.29) is 12.0 Å². The largest absolute Gasteiger partial charge is 0.395 e. The summed E-state index contributed by atoms with van der Waals surface area (Å²) in [5.41, 5.74) is 3.80. The van der Waals surface area contributed by atoms with E-state index in [0.717, 1.165) is 25.7 Å². The van der Waals surface area contributed by atoms with Gasteiger partial charge < -0.3 is 5.11 Å². The van der Waals surface area contributed by atoms with Crippen molar-refractivity contribution in [3.63, 3.8) is 0 Å². The molecular formula is C16H20N2O. The average Bonchev–Trinajstić information content (AvgIpc) is 2.84. The molecule has 0 aliphatic heterocycles. The summed E-state index contributed by atoms with van der Waals surface area (Å²) in [5.74, 6) is 0. The summed E-state index contributed by atoms with van der Waals surface area (Å²) in [5, 5.41) is 14.3. The Hall–Kier alpha value is -1.61. The molecule has 1 N–H and O–H groups in total. The normalized spacial score (nSPS) is 22.2. The van der Waals surface area contributed by atoms with Gasteiger partial charge in [-0.3, -0.25) is 4.68 Å². The number of benzene rings is 1. The minimum absolute atomic E-state index is 0.127. The second kappa shape index (κ2) is 4.82. The molecule has 19 heavy (non-hydrogen) atoms. The van der Waals surface area contributed by atoms with Gasteiger partial charge in [-0.05, 0) is 42.4 Å². The van der Waals surface area contributed by atoms with E-state index in [1.807, 2.05) is 17.9 Å². The number of rotatable bonds is 3. The molecule has 1 aliphatic rings. The van der Waals surface area contributed by atoms with E-state index < -0.39 is 0 Å². The molecule has 3 heteroatoms. The third-order valence-corrected chi connectivity index (χ3v) is 4.29. The lowest BCUT2D eigenvalue weighted by Crippen LogP contribution is -2.36. The van der Waals surface area contributed by atoms with Crippen molar-refractivity contribution in [1.82, 2.24) is 9.78 Å². The molecule has 1 unspecified atom stereocenters. The maximum absolute atomic E-state index is 10.0. The summed E-state index contributed by atoms with van der Waals surface area (Å²) < 4.78 is 1.83. The van der Waals surface area contributed by atoms with Crippen molar-refractivity contribution < 1.29 is 5.11 Å². The molecule has 0 saturated carbocycles. The summed E-state index contributed by atoms with van der Waals surface area (Å²) >= 11 is 0. The lowest BCUT2D eigenvalue weighted by Gasteiger charge is -2.37. The molecule has 100 valence electrons. The molecular weight excluding hydrogens is 236 g/mol. The topological polar surface area (TPSA) is 38.0 Å². The molecule has 0 radical (unpaired) electrons. The summed E-state index contributed by atoms with van der Waals surface area (Å²) in [6, 6.07) is 8.55. The zero-order valence-electron chi connectivity index (χ0n) is 11.3. The Morgan fingerprint density at radius 1 is 1.37 bits per heavy atom. The first-order valence-electron chi connectivity index (χ1n) is 6.90. The molecule has 3 rings (SSSR count). The number of hydrogen-bond donors (Lipinski definition) is 1. The van der Waals surface area contributed by atoms with Crippen LogP contribution in [0.25, 0.3) is 0 Å². The SMILES string of the molecule is Cn1cc(CC2(CO)CCCc3ccccc32)cn1. The summed E-state index contributed by atoms with van der Waals surface area (Å²) in [4.78, 5) is 0. The van der Waals surface area contributed by atoms with Crippen LogP contribution in [0.2, 0.25) is 0 Å². The zero-order valence-corrected chi connectivity index (χ0v) is 11.3. The maximum Gasteiger partial charge on any atom is 0.0531 e. The van der Waals surface area contributed by atoms with Crippen molar-refractivity contribution in [2.75, 3.05) is 6.61 Å². The van der Waals surface area contributed by atoms with Gasteiger partial charge in [-0.1, -0.05) is 24.3 Å². The van der Waals surface area contributed by atoms with E-state index in [9.17, 15) is 5.11 Å². The first-order chi connectivity index (χ1) is 9.23. The fourth-order valence-electron chi connectivity index (χ4n) is 3.37. The van der Waals surface area contributed by atoms with Gasteiger partial charge in [0.25, 0.3) is 0 Å². The van der Waals surface area contributed by atoms with Gasteiger partial charge in [0.05, 0.1) is 12.8 Å². The number of aromatic nitrogens is 2. The molecule has 1 aromatic heterocycles. The number of nitrogens with zero attached hydrogens (tertiary/aromatic N) is 2. The molecule has 3 nitrogen and oxygen atoms in total. The predicted molar refractivity (Wildman–Crippen MR) is 75.1 cm³/mol. The van der Waals surface area contributed by atoms with Crippen molar-refractivity contribution in [1.29, 1.82) is 0 Å². The second-order valence-corrected chi connectivity index (χ2v) is 5.65. The molecule has 0 bridgehead atoms. The molecule has 0 saturated heterocycles. The van der Waals surface area contributed by atoms with Gasteiger partial charge >= 0.3 is 0 Å². The van der Waals surface area contributed by atoms with E-state index in [0.29, 0.717) is 0 Å². The van der Waals surface area contributed by atoms with Gasteiger partial charge in [0.1, 0.15) is 0 Å². The lowest BCUT2D eigenvalue weighted by molar-refractivity contribution is 0.173. The van der Waals surface area contributed by atoms with Crippen molar-refractivity contribution in [3.05, 3.63) is 53.3 Å². The van der Waals surface area contributed by atoms with Crippen LogP contribution in [0.1, 0.15) is 29.5 Å². The maximum atomic E-state index is 10.0. The molecule has 1 heterocycles. The number of aryl methyl sites for hydroxylation is 2. The Morgan fingerprint density at radius 3 is 2.95 bits per heavy atom. The Labute approximate surface area is 113 Å². The fourth-order valence-corrected chi connectivity index (χ4v) is 3.37. The third kappa shape index (κ3) is 2.19. The second-order valence-electron chi connectivity index (χ2n) is 5.65. The number of aliphatic hydroxyl groups is 1. The number of fused-ring (bicyclic) bond motifs is 1. The average molecular weight is 256 g/mol. The highest BCUT2D eigenvalue weighted by atomic mass is 16.3. The standard InChI is InChI=1S/C16H20N2O/c1-18-11-13(10-17-18)9-16(12-19)8-4-6-14-5-2-3-7-15(14)16/h2-3,5,7,10-11,19H,4,6,8-9,12H2,1H3. The van der Waals surface area contributed by atoms with Crippen molar-refractivity contribution in [2.24, 2.45) is 7.05 Å². The molecule has 1 aliphatic carbocycles. The Balaban J connectivity index is 2.00. The molecule has 1 aromatic carbocycles. The Kier molecular flexibility index (Phi) is 3.15. The van der Waals surface area contributed by atoms with Crippen LogP contribution < -0.4 is 0 Å². The third-order valence-electron chi connectivity index (χ3n) is 4.29. The van der Waals surface area contributed by atoms with Gasteiger partial charge in [0.15, 0.2) is 0 Å². The van der Waals surface area contributed by atoms with Gasteiger partial charge in [-0.2, -0.15) is 5.10 Å². The first kappa shape index (κ1) is 12.4. The monoisotopic (exact) mass is 256 g/mol. The van der Waals surface area contributed by atoms with Gasteiger partial charge in [-0.25, -0.2) is 0 Å². The lowest BCUT2D eigenvalue weighted by atomic mass is 9.67. The van der Waals surface area contributed by atoms with E-state index in [2.05, 4.69) is 35.6 Å². The van der Waals surface area contributed by atoms with E-state index >= 15 is 0 Å². The minimum Gasteiger partial charge on any atom is -0.395 e. The highest BCUT2D eigenvalue weighted by molar-refractivity contribution is 5.38. The minimum atomic E-state index is -0.127. The highest BCUT2D eigenvalue weighted by Gasteiger charge is 2.36. The molecule has 0 amide bonds. The van der Waals surface area contributed by atoms with Crippen LogP contribution in [-0.4, -0.2) is 21.5 Å². The van der Waals surface area contributed by atoms with Crippen LogP contribution in [0.4, 0.5) is 0 Å². The molecule has 0 fully saturated rings. The predicted octanol–water partition coefficient (Wildman–Crippen LogP) is 2.23. The van der Waals surface area contributed by atoms with E-state index in [4.69, 9.17) is 0 Å². The van der Waals surface area contributed by atoms with Crippen LogP contribution in [0.5, 0.6) is 0 Å². The van der Waals surface area contributed by atoms with Crippen LogP contribution in [0.3, 0.4) is 0 Å². The van der Waals surface area contributed by atoms with Gasteiger partial charge in [0, 0.05) is 18.7 Å². The zero-order chi connectivity index (χ0) is 13.3. The highest BCUT2D eigenvalue weighted by Crippen LogP contribution is 2.39. The fraction of sp³-hybridized carbons (Fsp3) is 0.438. The van der Waals surface area contributed by atoms with Crippen LogP contribution in [0.15, 0.2) is 36.7 Å². The van der Waals surface area contributed by atoms with Crippen LogP contribution in [0, 0.1) is 0 Å². The van der Waals surface area contributed by atoms with Gasteiger partial charge in [0.2, 0.25) is 0 Å². The summed E-state index contributed by atoms with van der Waals surface area (Å²) in [6.45, 7) is 0.207. The van der Waals surface area contributed by atoms with Crippen molar-refractivity contribution in [2.45, 2.75) is 31.1 Å². The van der Waals surface area contributed by atoms with Crippen LogP contribution >= 0.6 is 0 Å². The number of aliphatic hydroxyl groups excluding tert-OH is 1. The smallest absolute Gasteiger partial charge is 0.0531 e.